The van der Waals surface area contributed by atoms with Crippen LogP contribution < -0.4 is 5.73 Å². The highest BCUT2D eigenvalue weighted by atomic mass is 16.3. The fraction of sp³-hybridized carbons (Fsp3) is 0.375. The van der Waals surface area contributed by atoms with Crippen LogP contribution in [0.15, 0.2) is 53.3 Å². The van der Waals surface area contributed by atoms with Crippen LogP contribution in [-0.4, -0.2) is 74.3 Å². The quantitative estimate of drug-likeness (QED) is 0.311. The molecule has 1 saturated carbocycles. The number of fused-ring (bicyclic) bond motifs is 3. The number of ketones is 3. The third-order valence-corrected chi connectivity index (χ3v) is 8.95. The van der Waals surface area contributed by atoms with E-state index in [4.69, 9.17) is 5.73 Å². The largest absolute Gasteiger partial charge is 0.508 e. The van der Waals surface area contributed by atoms with Crippen LogP contribution in [0.3, 0.4) is 0 Å². The Labute approximate surface area is 242 Å². The highest BCUT2D eigenvalue weighted by Gasteiger charge is 2.64. The lowest BCUT2D eigenvalue weighted by Gasteiger charge is -2.50. The van der Waals surface area contributed by atoms with Crippen LogP contribution in [0.4, 0.5) is 0 Å². The Morgan fingerprint density at radius 3 is 2.36 bits per heavy atom. The zero-order valence-electron chi connectivity index (χ0n) is 23.7. The number of benzene rings is 2. The Morgan fingerprint density at radius 1 is 1.10 bits per heavy atom. The number of aliphatic hydroxyl groups excluding tert-OH is 2. The van der Waals surface area contributed by atoms with E-state index in [1.807, 2.05) is 30.3 Å². The molecular formula is C32H34N2O8. The van der Waals surface area contributed by atoms with Crippen molar-refractivity contribution < 1.29 is 39.6 Å². The molecule has 220 valence electrons. The molecule has 1 fully saturated rings. The molecule has 4 atom stereocenters. The molecule has 6 N–H and O–H groups in total. The van der Waals surface area contributed by atoms with E-state index >= 15 is 0 Å². The number of carbonyl (C=O) groups is 4. The summed E-state index contributed by atoms with van der Waals surface area (Å²) >= 11 is 0. The molecule has 4 unspecified atom stereocenters. The van der Waals surface area contributed by atoms with Gasteiger partial charge in [-0.25, -0.2) is 0 Å². The SMILES string of the molecule is CCC(=O)CCc1cc(-c2ccccc2)c2c(c1O)C(O)=C1C(=O)C3(O)C(O)=C(C(N)=O)C(=O)C(N(C)C)C3CC1C2. The van der Waals surface area contributed by atoms with Gasteiger partial charge in [-0.3, -0.25) is 24.1 Å². The van der Waals surface area contributed by atoms with Gasteiger partial charge >= 0.3 is 0 Å². The number of amides is 1. The van der Waals surface area contributed by atoms with Crippen molar-refractivity contribution >= 4 is 29.0 Å². The summed E-state index contributed by atoms with van der Waals surface area (Å²) < 4.78 is 0. The second-order valence-corrected chi connectivity index (χ2v) is 11.5. The number of primary amides is 1. The molecule has 0 aromatic heterocycles. The molecule has 0 bridgehead atoms. The summed E-state index contributed by atoms with van der Waals surface area (Å²) in [7, 11) is 3.12. The summed E-state index contributed by atoms with van der Waals surface area (Å²) in [6, 6.07) is 9.97. The first kappa shape index (κ1) is 29.2. The summed E-state index contributed by atoms with van der Waals surface area (Å²) in [5, 5.41) is 45.9. The fourth-order valence-corrected chi connectivity index (χ4v) is 6.88. The van der Waals surface area contributed by atoms with E-state index in [1.54, 1.807) is 27.1 Å². The minimum atomic E-state index is -2.70. The van der Waals surface area contributed by atoms with Crippen molar-refractivity contribution in [2.45, 2.75) is 50.7 Å². The van der Waals surface area contributed by atoms with Crippen molar-refractivity contribution in [3.05, 3.63) is 70.0 Å². The number of aliphatic hydroxyl groups is 3. The average Bonchev–Trinajstić information content (AvgIpc) is 2.94. The number of likely N-dealkylation sites (N-methyl/N-ethyl adjacent to an activating group) is 1. The van der Waals surface area contributed by atoms with Gasteiger partial charge in [0.15, 0.2) is 11.4 Å². The van der Waals surface area contributed by atoms with Crippen LogP contribution in [0.5, 0.6) is 5.75 Å². The lowest BCUT2D eigenvalue weighted by atomic mass is 9.57. The second kappa shape index (κ2) is 10.5. The van der Waals surface area contributed by atoms with E-state index in [0.29, 0.717) is 23.1 Å². The standard InChI is InChI=1S/C32H34N2O8/c1-4-18(35)11-10-16-12-19(15-8-6-5-7-9-15)20-13-17-14-21-25(34(2)3)28(38)24(31(33)41)30(40)32(21,42)29(39)22(17)27(37)23(20)26(16)36/h5-9,12,17,21,25,36-37,40,42H,4,10-11,13-14H2,1-3H3,(H2,33,41). The number of aromatic hydroxyl groups is 1. The molecule has 0 radical (unpaired) electrons. The van der Waals surface area contributed by atoms with Gasteiger partial charge in [-0.2, -0.15) is 0 Å². The van der Waals surface area contributed by atoms with Gasteiger partial charge in [-0.15, -0.1) is 0 Å². The Kier molecular flexibility index (Phi) is 7.32. The number of hydrogen-bond donors (Lipinski definition) is 5. The van der Waals surface area contributed by atoms with Crippen LogP contribution in [0.2, 0.25) is 0 Å². The smallest absolute Gasteiger partial charge is 0.255 e. The minimum absolute atomic E-state index is 0.00144. The highest BCUT2D eigenvalue weighted by molar-refractivity contribution is 6.24. The van der Waals surface area contributed by atoms with Gasteiger partial charge in [0.05, 0.1) is 11.6 Å². The molecule has 3 aliphatic rings. The monoisotopic (exact) mass is 574 g/mol. The predicted molar refractivity (Wildman–Crippen MR) is 153 cm³/mol. The molecule has 0 saturated heterocycles. The van der Waals surface area contributed by atoms with E-state index in [-0.39, 0.29) is 48.4 Å². The number of hydrogen-bond acceptors (Lipinski definition) is 9. The van der Waals surface area contributed by atoms with Crippen LogP contribution >= 0.6 is 0 Å². The zero-order valence-corrected chi connectivity index (χ0v) is 23.7. The maximum atomic E-state index is 14.1. The molecule has 42 heavy (non-hydrogen) atoms. The van der Waals surface area contributed by atoms with Gasteiger partial charge in [-0.05, 0) is 67.6 Å². The van der Waals surface area contributed by atoms with Gasteiger partial charge < -0.3 is 26.2 Å². The number of aryl methyl sites for hydroxylation is 1. The first-order valence-electron chi connectivity index (χ1n) is 13.9. The number of carbonyl (C=O) groups excluding carboxylic acids is 4. The van der Waals surface area contributed by atoms with E-state index in [2.05, 4.69) is 0 Å². The van der Waals surface area contributed by atoms with Crippen molar-refractivity contribution in [2.75, 3.05) is 14.1 Å². The first-order chi connectivity index (χ1) is 19.8. The van der Waals surface area contributed by atoms with Crippen molar-refractivity contribution in [3.8, 4) is 16.9 Å². The van der Waals surface area contributed by atoms with Crippen molar-refractivity contribution in [1.82, 2.24) is 4.90 Å². The van der Waals surface area contributed by atoms with Crippen LogP contribution in [0.1, 0.15) is 42.9 Å². The second-order valence-electron chi connectivity index (χ2n) is 11.5. The Hall–Kier alpha value is -4.28. The van der Waals surface area contributed by atoms with Crippen molar-refractivity contribution in [3.63, 3.8) is 0 Å². The lowest BCUT2D eigenvalue weighted by molar-refractivity contribution is -0.153. The Bertz CT molecular complexity index is 1590. The number of rotatable bonds is 7. The van der Waals surface area contributed by atoms with E-state index < -0.39 is 58.0 Å². The van der Waals surface area contributed by atoms with Gasteiger partial charge in [0.25, 0.3) is 5.91 Å². The molecule has 0 heterocycles. The van der Waals surface area contributed by atoms with E-state index in [1.165, 1.54) is 4.90 Å². The molecule has 2 aromatic carbocycles. The number of Topliss-reactive ketones (excluding diaryl/α,β-unsaturated/α-hetero) is 3. The van der Waals surface area contributed by atoms with E-state index in [0.717, 1.165) is 5.56 Å². The summed E-state index contributed by atoms with van der Waals surface area (Å²) in [4.78, 5) is 53.2. The molecule has 5 rings (SSSR count). The van der Waals surface area contributed by atoms with E-state index in [9.17, 15) is 39.6 Å². The van der Waals surface area contributed by atoms with Crippen LogP contribution in [0.25, 0.3) is 16.9 Å². The molecule has 0 aliphatic heterocycles. The maximum absolute atomic E-state index is 14.1. The molecule has 0 spiro atoms. The molecule has 10 nitrogen and oxygen atoms in total. The molecular weight excluding hydrogens is 540 g/mol. The number of phenolic OH excluding ortho intramolecular Hbond substituents is 1. The molecule has 3 aliphatic carbocycles. The Balaban J connectivity index is 1.75. The number of nitrogens with two attached hydrogens (primary N) is 1. The summed E-state index contributed by atoms with van der Waals surface area (Å²) in [5.41, 5.74) is 4.15. The van der Waals surface area contributed by atoms with Gasteiger partial charge in [0, 0.05) is 24.3 Å². The number of phenols is 1. The highest BCUT2D eigenvalue weighted by Crippen LogP contribution is 2.54. The lowest BCUT2D eigenvalue weighted by Crippen LogP contribution is -2.65. The van der Waals surface area contributed by atoms with Gasteiger partial charge in [0.2, 0.25) is 5.78 Å². The normalized spacial score (nSPS) is 25.3. The summed E-state index contributed by atoms with van der Waals surface area (Å²) in [5.74, 6) is -6.92. The topological polar surface area (TPSA) is 178 Å². The zero-order chi connectivity index (χ0) is 30.7. The fourth-order valence-electron chi connectivity index (χ4n) is 6.88. The number of nitrogens with zero attached hydrogens (tertiary/aromatic N) is 1. The predicted octanol–water partition coefficient (Wildman–Crippen LogP) is 2.54. The van der Waals surface area contributed by atoms with Crippen molar-refractivity contribution in [2.24, 2.45) is 17.6 Å². The molecule has 1 amide bonds. The van der Waals surface area contributed by atoms with Crippen molar-refractivity contribution in [1.29, 1.82) is 0 Å². The molecule has 10 heteroatoms. The van der Waals surface area contributed by atoms with Crippen LogP contribution in [0, 0.1) is 11.8 Å². The maximum Gasteiger partial charge on any atom is 0.255 e. The summed E-state index contributed by atoms with van der Waals surface area (Å²) in [6.45, 7) is 1.75. The first-order valence-corrected chi connectivity index (χ1v) is 13.9. The van der Waals surface area contributed by atoms with Gasteiger partial charge in [0.1, 0.15) is 28.6 Å². The van der Waals surface area contributed by atoms with Crippen LogP contribution in [-0.2, 0) is 32.0 Å². The third-order valence-electron chi connectivity index (χ3n) is 8.95. The Morgan fingerprint density at radius 2 is 1.76 bits per heavy atom. The minimum Gasteiger partial charge on any atom is -0.508 e. The third kappa shape index (κ3) is 4.24. The molecule has 2 aromatic rings. The van der Waals surface area contributed by atoms with Gasteiger partial charge in [-0.1, -0.05) is 37.3 Å². The average molecular weight is 575 g/mol. The summed E-state index contributed by atoms with van der Waals surface area (Å²) in [6.07, 6.45) is 0.902.